The summed E-state index contributed by atoms with van der Waals surface area (Å²) in [5, 5.41) is 3.69. The Balaban J connectivity index is 1.37. The lowest BCUT2D eigenvalue weighted by Gasteiger charge is -2.37. The van der Waals surface area contributed by atoms with Crippen LogP contribution < -0.4 is 5.32 Å². The van der Waals surface area contributed by atoms with Gasteiger partial charge in [0.15, 0.2) is 0 Å². The van der Waals surface area contributed by atoms with E-state index >= 15 is 0 Å². The van der Waals surface area contributed by atoms with E-state index in [0.717, 1.165) is 37.8 Å². The number of fused-ring (bicyclic) bond motifs is 1. The van der Waals surface area contributed by atoms with Crippen LogP contribution in [0.1, 0.15) is 24.8 Å². The highest BCUT2D eigenvalue weighted by Crippen LogP contribution is 2.21. The van der Waals surface area contributed by atoms with Crippen LogP contribution in [0.5, 0.6) is 0 Å². The van der Waals surface area contributed by atoms with Gasteiger partial charge in [-0.15, -0.1) is 0 Å². The fourth-order valence-corrected chi connectivity index (χ4v) is 3.67. The first-order valence-corrected chi connectivity index (χ1v) is 8.56. The minimum absolute atomic E-state index is 0.119. The summed E-state index contributed by atoms with van der Waals surface area (Å²) in [5.74, 6) is 0.119. The molecule has 120 valence electrons. The van der Waals surface area contributed by atoms with Gasteiger partial charge in [0.2, 0.25) is 5.91 Å². The van der Waals surface area contributed by atoms with Crippen molar-refractivity contribution in [3.8, 4) is 0 Å². The molecule has 1 atom stereocenters. The predicted molar refractivity (Wildman–Crippen MR) is 89.0 cm³/mol. The topological polar surface area (TPSA) is 35.6 Å². The summed E-state index contributed by atoms with van der Waals surface area (Å²) in [4.78, 5) is 17.0. The van der Waals surface area contributed by atoms with Crippen molar-refractivity contribution in [3.63, 3.8) is 0 Å². The molecule has 0 radical (unpaired) electrons. The Hall–Kier alpha value is -1.10. The third-order valence-corrected chi connectivity index (χ3v) is 4.94. The second-order valence-electron chi connectivity index (χ2n) is 6.29. The van der Waals surface area contributed by atoms with Gasteiger partial charge in [-0.2, -0.15) is 0 Å². The SMILES string of the molecule is O=C(CCN1CCN2CCC[C@H]2C1)NCc1cccc(Cl)c1. The van der Waals surface area contributed by atoms with E-state index in [0.29, 0.717) is 18.0 Å². The van der Waals surface area contributed by atoms with Gasteiger partial charge in [0.05, 0.1) is 0 Å². The van der Waals surface area contributed by atoms with Gasteiger partial charge in [0.25, 0.3) is 0 Å². The van der Waals surface area contributed by atoms with Crippen LogP contribution in [0.2, 0.25) is 5.02 Å². The molecule has 0 aliphatic carbocycles. The fraction of sp³-hybridized carbons (Fsp3) is 0.588. The van der Waals surface area contributed by atoms with E-state index in [4.69, 9.17) is 11.6 Å². The molecule has 22 heavy (non-hydrogen) atoms. The molecule has 1 amide bonds. The molecule has 2 aliphatic rings. The minimum Gasteiger partial charge on any atom is -0.352 e. The zero-order valence-electron chi connectivity index (χ0n) is 12.9. The first-order chi connectivity index (χ1) is 10.7. The van der Waals surface area contributed by atoms with E-state index in [1.165, 1.54) is 19.4 Å². The van der Waals surface area contributed by atoms with Crippen LogP contribution in [0.15, 0.2) is 24.3 Å². The van der Waals surface area contributed by atoms with Crippen molar-refractivity contribution in [2.24, 2.45) is 0 Å². The Kier molecular flexibility index (Phi) is 5.34. The number of carbonyl (C=O) groups excluding carboxylic acids is 1. The molecule has 0 spiro atoms. The summed E-state index contributed by atoms with van der Waals surface area (Å²) in [5.41, 5.74) is 1.04. The van der Waals surface area contributed by atoms with Gasteiger partial charge in [0.1, 0.15) is 0 Å². The van der Waals surface area contributed by atoms with Gasteiger partial charge in [-0.1, -0.05) is 23.7 Å². The maximum atomic E-state index is 12.0. The molecule has 3 rings (SSSR count). The Morgan fingerprint density at radius 3 is 3.09 bits per heavy atom. The molecule has 5 heteroatoms. The highest BCUT2D eigenvalue weighted by Gasteiger charge is 2.30. The Morgan fingerprint density at radius 1 is 1.32 bits per heavy atom. The molecular weight excluding hydrogens is 298 g/mol. The van der Waals surface area contributed by atoms with Crippen molar-refractivity contribution in [1.82, 2.24) is 15.1 Å². The smallest absolute Gasteiger partial charge is 0.221 e. The average Bonchev–Trinajstić information content (AvgIpc) is 2.98. The second kappa shape index (κ2) is 7.44. The number of rotatable bonds is 5. The summed E-state index contributed by atoms with van der Waals surface area (Å²) in [6, 6.07) is 8.34. The van der Waals surface area contributed by atoms with Gasteiger partial charge in [-0.25, -0.2) is 0 Å². The van der Waals surface area contributed by atoms with E-state index in [-0.39, 0.29) is 5.91 Å². The summed E-state index contributed by atoms with van der Waals surface area (Å²) >= 11 is 5.94. The maximum absolute atomic E-state index is 12.0. The van der Waals surface area contributed by atoms with Crippen LogP contribution in [0.25, 0.3) is 0 Å². The number of benzene rings is 1. The van der Waals surface area contributed by atoms with Crippen molar-refractivity contribution >= 4 is 17.5 Å². The van der Waals surface area contributed by atoms with Crippen LogP contribution in [-0.2, 0) is 11.3 Å². The number of carbonyl (C=O) groups is 1. The summed E-state index contributed by atoms with van der Waals surface area (Å²) in [6.07, 6.45) is 3.23. The van der Waals surface area contributed by atoms with Crippen LogP contribution in [0, 0.1) is 0 Å². The first-order valence-electron chi connectivity index (χ1n) is 8.18. The molecule has 1 aromatic carbocycles. The Morgan fingerprint density at radius 2 is 2.23 bits per heavy atom. The molecule has 0 aromatic heterocycles. The molecule has 0 bridgehead atoms. The number of halogens is 1. The van der Waals surface area contributed by atoms with Gasteiger partial charge in [-0.05, 0) is 37.1 Å². The van der Waals surface area contributed by atoms with E-state index in [1.54, 1.807) is 0 Å². The third kappa shape index (κ3) is 4.22. The molecule has 2 heterocycles. The van der Waals surface area contributed by atoms with Crippen molar-refractivity contribution in [2.45, 2.75) is 31.8 Å². The lowest BCUT2D eigenvalue weighted by molar-refractivity contribution is -0.121. The zero-order valence-corrected chi connectivity index (χ0v) is 13.7. The first kappa shape index (κ1) is 15.8. The Bertz CT molecular complexity index is 522. The number of hydrogen-bond acceptors (Lipinski definition) is 3. The van der Waals surface area contributed by atoms with E-state index in [2.05, 4.69) is 15.1 Å². The summed E-state index contributed by atoms with van der Waals surface area (Å²) in [6.45, 7) is 6.06. The van der Waals surface area contributed by atoms with Crippen molar-refractivity contribution in [2.75, 3.05) is 32.7 Å². The predicted octanol–water partition coefficient (Wildman–Crippen LogP) is 2.13. The highest BCUT2D eigenvalue weighted by atomic mass is 35.5. The fourth-order valence-electron chi connectivity index (χ4n) is 3.45. The second-order valence-corrected chi connectivity index (χ2v) is 6.73. The van der Waals surface area contributed by atoms with Crippen LogP contribution in [0.4, 0.5) is 0 Å². The molecule has 0 saturated carbocycles. The number of hydrogen-bond donors (Lipinski definition) is 1. The lowest BCUT2D eigenvalue weighted by Crippen LogP contribution is -2.50. The van der Waals surface area contributed by atoms with Crippen LogP contribution in [0.3, 0.4) is 0 Å². The maximum Gasteiger partial charge on any atom is 0.221 e. The number of piperazine rings is 1. The van der Waals surface area contributed by atoms with E-state index in [1.807, 2.05) is 24.3 Å². The monoisotopic (exact) mass is 321 g/mol. The average molecular weight is 322 g/mol. The third-order valence-electron chi connectivity index (χ3n) is 4.71. The quantitative estimate of drug-likeness (QED) is 0.902. The number of amides is 1. The number of nitrogens with one attached hydrogen (secondary N) is 1. The molecule has 1 aromatic rings. The molecule has 4 nitrogen and oxygen atoms in total. The lowest BCUT2D eigenvalue weighted by atomic mass is 10.1. The van der Waals surface area contributed by atoms with Crippen molar-refractivity contribution in [3.05, 3.63) is 34.9 Å². The van der Waals surface area contributed by atoms with Crippen LogP contribution in [-0.4, -0.2) is 54.5 Å². The van der Waals surface area contributed by atoms with Crippen molar-refractivity contribution in [1.29, 1.82) is 0 Å². The molecule has 2 aliphatic heterocycles. The number of nitrogens with zero attached hydrogens (tertiary/aromatic N) is 2. The highest BCUT2D eigenvalue weighted by molar-refractivity contribution is 6.30. The summed E-state index contributed by atoms with van der Waals surface area (Å²) in [7, 11) is 0. The van der Waals surface area contributed by atoms with E-state index < -0.39 is 0 Å². The molecule has 0 unspecified atom stereocenters. The molecule has 1 N–H and O–H groups in total. The van der Waals surface area contributed by atoms with Gasteiger partial charge in [0, 0.05) is 50.2 Å². The van der Waals surface area contributed by atoms with Crippen LogP contribution >= 0.6 is 11.6 Å². The van der Waals surface area contributed by atoms with Gasteiger partial charge in [-0.3, -0.25) is 14.6 Å². The van der Waals surface area contributed by atoms with E-state index in [9.17, 15) is 4.79 Å². The minimum atomic E-state index is 0.119. The summed E-state index contributed by atoms with van der Waals surface area (Å²) < 4.78 is 0. The normalized spacial score (nSPS) is 22.5. The standard InChI is InChI=1S/C17H24ClN3O/c18-15-4-1-3-14(11-15)12-19-17(22)6-8-20-9-10-21-7-2-5-16(21)13-20/h1,3-4,11,16H,2,5-10,12-13H2,(H,19,22)/t16-/m0/s1. The van der Waals surface area contributed by atoms with Gasteiger partial charge >= 0.3 is 0 Å². The zero-order chi connectivity index (χ0) is 15.4. The largest absolute Gasteiger partial charge is 0.352 e. The molecular formula is C17H24ClN3O. The molecule has 2 saturated heterocycles. The van der Waals surface area contributed by atoms with Gasteiger partial charge < -0.3 is 5.32 Å². The Labute approximate surface area is 137 Å². The molecule has 2 fully saturated rings. The van der Waals surface area contributed by atoms with Crippen molar-refractivity contribution < 1.29 is 4.79 Å².